The number of carbonyl (C=O) groups is 1. The number of fused-ring (bicyclic) bond motifs is 1. The molecule has 3 heterocycles. The van der Waals surface area contributed by atoms with Crippen LogP contribution >= 0.6 is 11.3 Å². The van der Waals surface area contributed by atoms with Crippen LogP contribution in [0.3, 0.4) is 0 Å². The van der Waals surface area contributed by atoms with Gasteiger partial charge in [0.15, 0.2) is 5.13 Å². The van der Waals surface area contributed by atoms with Crippen LogP contribution in [0.5, 0.6) is 5.88 Å². The number of sulfonamides is 1. The lowest BCUT2D eigenvalue weighted by atomic mass is 9.87. The molecular weight excluding hydrogens is 562 g/mol. The lowest BCUT2D eigenvalue weighted by Crippen LogP contribution is -2.28. The van der Waals surface area contributed by atoms with Crippen molar-refractivity contribution in [2.75, 3.05) is 12.4 Å². The number of benzene rings is 1. The predicted octanol–water partition coefficient (Wildman–Crippen LogP) is 5.92. The Balaban J connectivity index is 1.35. The quantitative estimate of drug-likeness (QED) is 0.206. The fraction of sp³-hybridized carbons (Fsp3) is 0.379. The molecule has 0 saturated heterocycles. The number of nitriles is 1. The number of hydrogen-bond acceptors (Lipinski definition) is 9. The topological polar surface area (TPSA) is 147 Å². The van der Waals surface area contributed by atoms with Gasteiger partial charge >= 0.3 is 0 Å². The van der Waals surface area contributed by atoms with Gasteiger partial charge in [-0.25, -0.2) is 23.1 Å². The average Bonchev–Trinajstić information content (AvgIpc) is 3.76. The largest absolute Gasteiger partial charge is 0.481 e. The Bertz CT molecular complexity index is 1620. The summed E-state index contributed by atoms with van der Waals surface area (Å²) in [6, 6.07) is 14.7. The van der Waals surface area contributed by atoms with Crippen molar-refractivity contribution in [3.63, 3.8) is 0 Å². The Morgan fingerprint density at radius 3 is 2.63 bits per heavy atom. The van der Waals surface area contributed by atoms with Crippen LogP contribution in [0.2, 0.25) is 0 Å². The molecule has 2 atom stereocenters. The summed E-state index contributed by atoms with van der Waals surface area (Å²) in [6.45, 7) is 0. The van der Waals surface area contributed by atoms with Gasteiger partial charge in [-0.1, -0.05) is 49.2 Å². The highest BCUT2D eigenvalue weighted by molar-refractivity contribution is 7.89. The van der Waals surface area contributed by atoms with Gasteiger partial charge in [0.25, 0.3) is 0 Å². The smallest absolute Gasteiger partial charge is 0.241 e. The van der Waals surface area contributed by atoms with Crippen LogP contribution in [0.25, 0.3) is 10.3 Å². The molecule has 1 aliphatic rings. The molecule has 0 radical (unpaired) electrons. The zero-order valence-corrected chi connectivity index (χ0v) is 24.2. The lowest BCUT2D eigenvalue weighted by Gasteiger charge is -2.21. The highest BCUT2D eigenvalue weighted by atomic mass is 32.2. The Morgan fingerprint density at radius 1 is 1.17 bits per heavy atom. The van der Waals surface area contributed by atoms with Gasteiger partial charge in [-0.15, -0.1) is 0 Å². The minimum atomic E-state index is -3.92. The van der Waals surface area contributed by atoms with Crippen LogP contribution in [-0.4, -0.2) is 31.4 Å². The molecule has 0 aliphatic heterocycles. The molecule has 41 heavy (non-hydrogen) atoms. The molecular formula is C29H31N5O5S2. The van der Waals surface area contributed by atoms with Gasteiger partial charge in [0.05, 0.1) is 36.3 Å². The standard InChI is InChI=1S/C29H31N5O5S2/c1-38-26-15-14-24-28(32-26)40-29(31-24)33-27(35)22(18-19-6-2-3-7-19)20-10-12-21(13-11-20)41(36,37)34-23(8-4-16-30)25-9-5-17-39-25/h5,9-15,17,19,22-23,34H,2-4,6-8,18H2,1H3,(H,31,33,35). The van der Waals surface area contributed by atoms with Crippen molar-refractivity contribution in [1.82, 2.24) is 14.7 Å². The summed E-state index contributed by atoms with van der Waals surface area (Å²) in [7, 11) is -2.37. The van der Waals surface area contributed by atoms with Crippen LogP contribution in [0.15, 0.2) is 64.1 Å². The number of amides is 1. The second-order valence-corrected chi connectivity index (χ2v) is 12.8. The van der Waals surface area contributed by atoms with E-state index in [1.807, 2.05) is 6.07 Å². The molecule has 0 spiro atoms. The number of ether oxygens (including phenoxy) is 1. The number of nitrogens with zero attached hydrogens (tertiary/aromatic N) is 3. The first-order chi connectivity index (χ1) is 19.9. The van der Waals surface area contributed by atoms with Gasteiger partial charge in [0.2, 0.25) is 21.8 Å². The van der Waals surface area contributed by atoms with Crippen molar-refractivity contribution in [1.29, 1.82) is 5.26 Å². The van der Waals surface area contributed by atoms with E-state index in [-0.39, 0.29) is 23.6 Å². The summed E-state index contributed by atoms with van der Waals surface area (Å²) >= 11 is 1.28. The van der Waals surface area contributed by atoms with Gasteiger partial charge in [-0.05, 0) is 54.7 Å². The van der Waals surface area contributed by atoms with E-state index in [9.17, 15) is 13.2 Å². The molecule has 2 unspecified atom stereocenters. The number of pyridine rings is 1. The van der Waals surface area contributed by atoms with Gasteiger partial charge in [0, 0.05) is 12.5 Å². The van der Waals surface area contributed by atoms with E-state index in [1.54, 1.807) is 43.5 Å². The summed E-state index contributed by atoms with van der Waals surface area (Å²) in [5.74, 6) is 0.682. The number of thiazole rings is 1. The van der Waals surface area contributed by atoms with Gasteiger partial charge in [-0.2, -0.15) is 5.26 Å². The third-order valence-corrected chi connectivity index (χ3v) is 9.72. The first-order valence-electron chi connectivity index (χ1n) is 13.5. The van der Waals surface area contributed by atoms with Gasteiger partial charge < -0.3 is 14.5 Å². The molecule has 1 aromatic carbocycles. The minimum Gasteiger partial charge on any atom is -0.481 e. The summed E-state index contributed by atoms with van der Waals surface area (Å²) in [6.07, 6.45) is 7.02. The van der Waals surface area contributed by atoms with E-state index in [1.165, 1.54) is 29.7 Å². The number of carbonyl (C=O) groups excluding carboxylic acids is 1. The Morgan fingerprint density at radius 2 is 1.95 bits per heavy atom. The highest BCUT2D eigenvalue weighted by Crippen LogP contribution is 2.36. The van der Waals surface area contributed by atoms with Crippen LogP contribution in [0, 0.1) is 17.2 Å². The number of furan rings is 1. The van der Waals surface area contributed by atoms with Crippen LogP contribution in [0.1, 0.15) is 68.2 Å². The number of aromatic nitrogens is 2. The van der Waals surface area contributed by atoms with Crippen molar-refractivity contribution in [2.45, 2.75) is 61.8 Å². The fourth-order valence-electron chi connectivity index (χ4n) is 5.23. The first-order valence-corrected chi connectivity index (χ1v) is 15.8. The maximum Gasteiger partial charge on any atom is 0.241 e. The van der Waals surface area contributed by atoms with E-state index < -0.39 is 22.0 Å². The molecule has 4 aromatic rings. The van der Waals surface area contributed by atoms with E-state index in [2.05, 4.69) is 20.0 Å². The van der Waals surface area contributed by atoms with Crippen molar-refractivity contribution < 1.29 is 22.4 Å². The normalized spacial score (nSPS) is 15.4. The molecule has 2 N–H and O–H groups in total. The van der Waals surface area contributed by atoms with Crippen molar-refractivity contribution in [3.05, 3.63) is 66.1 Å². The van der Waals surface area contributed by atoms with Gasteiger partial charge in [0.1, 0.15) is 16.1 Å². The maximum atomic E-state index is 13.6. The maximum absolute atomic E-state index is 13.6. The van der Waals surface area contributed by atoms with Crippen molar-refractivity contribution >= 4 is 42.7 Å². The number of anilines is 1. The molecule has 1 amide bonds. The summed E-state index contributed by atoms with van der Waals surface area (Å²) in [5.41, 5.74) is 1.41. The van der Waals surface area contributed by atoms with Crippen LogP contribution < -0.4 is 14.8 Å². The SMILES string of the molecule is COc1ccc2nc(NC(=O)C(CC3CCCC3)c3ccc(S(=O)(=O)NC(CCC#N)c4ccco4)cc3)sc2n1. The predicted molar refractivity (Wildman–Crippen MR) is 155 cm³/mol. The van der Waals surface area contributed by atoms with Crippen molar-refractivity contribution in [3.8, 4) is 11.9 Å². The highest BCUT2D eigenvalue weighted by Gasteiger charge is 2.29. The molecule has 10 nitrogen and oxygen atoms in total. The van der Waals surface area contributed by atoms with Crippen LogP contribution in [0.4, 0.5) is 5.13 Å². The zero-order chi connectivity index (χ0) is 28.8. The van der Waals surface area contributed by atoms with Crippen LogP contribution in [-0.2, 0) is 14.8 Å². The molecule has 12 heteroatoms. The second kappa shape index (κ2) is 12.8. The Labute approximate surface area is 242 Å². The molecule has 3 aromatic heterocycles. The summed E-state index contributed by atoms with van der Waals surface area (Å²) < 4.78 is 39.7. The first kappa shape index (κ1) is 28.7. The third kappa shape index (κ3) is 6.93. The number of rotatable bonds is 12. The van der Waals surface area contributed by atoms with Crippen molar-refractivity contribution in [2.24, 2.45) is 5.92 Å². The lowest BCUT2D eigenvalue weighted by molar-refractivity contribution is -0.118. The second-order valence-electron chi connectivity index (χ2n) is 10.1. The molecule has 1 saturated carbocycles. The summed E-state index contributed by atoms with van der Waals surface area (Å²) in [5, 5.41) is 12.4. The molecule has 1 aliphatic carbocycles. The van der Waals surface area contributed by atoms with E-state index >= 15 is 0 Å². The third-order valence-electron chi connectivity index (χ3n) is 7.35. The fourth-order valence-corrected chi connectivity index (χ4v) is 7.30. The minimum absolute atomic E-state index is 0.0704. The summed E-state index contributed by atoms with van der Waals surface area (Å²) in [4.78, 5) is 23.2. The molecule has 1 fully saturated rings. The number of hydrogen-bond donors (Lipinski definition) is 2. The van der Waals surface area contributed by atoms with E-state index in [4.69, 9.17) is 14.4 Å². The average molecular weight is 594 g/mol. The molecule has 214 valence electrons. The number of methoxy groups -OCH3 is 1. The molecule has 0 bridgehead atoms. The molecule has 5 rings (SSSR count). The number of nitrogens with one attached hydrogen (secondary N) is 2. The monoisotopic (exact) mass is 593 g/mol. The Hall–Kier alpha value is -3.79. The Kier molecular flexibility index (Phi) is 8.97. The van der Waals surface area contributed by atoms with E-state index in [0.29, 0.717) is 39.5 Å². The zero-order valence-electron chi connectivity index (χ0n) is 22.6. The van der Waals surface area contributed by atoms with Gasteiger partial charge in [-0.3, -0.25) is 4.79 Å². The van der Waals surface area contributed by atoms with E-state index in [0.717, 1.165) is 31.2 Å².